The molecular formula is C16H25N3O. The number of ketones is 1. The first kappa shape index (κ1) is 13.8. The lowest BCUT2D eigenvalue weighted by atomic mass is 9.79. The summed E-state index contributed by atoms with van der Waals surface area (Å²) in [6.45, 7) is 2.06. The zero-order valence-electron chi connectivity index (χ0n) is 12.4. The predicted octanol–water partition coefficient (Wildman–Crippen LogP) is 2.53. The van der Waals surface area contributed by atoms with Crippen LogP contribution in [0.2, 0.25) is 0 Å². The van der Waals surface area contributed by atoms with Crippen LogP contribution in [0, 0.1) is 5.92 Å². The van der Waals surface area contributed by atoms with Crippen molar-refractivity contribution in [2.75, 3.05) is 6.54 Å². The van der Waals surface area contributed by atoms with Crippen molar-refractivity contribution in [3.05, 3.63) is 18.2 Å². The van der Waals surface area contributed by atoms with Crippen LogP contribution in [-0.4, -0.2) is 32.8 Å². The van der Waals surface area contributed by atoms with Crippen molar-refractivity contribution < 1.29 is 4.79 Å². The Morgan fingerprint density at radius 3 is 2.85 bits per heavy atom. The molecule has 2 heterocycles. The monoisotopic (exact) mass is 275 g/mol. The molecule has 0 spiro atoms. The van der Waals surface area contributed by atoms with Gasteiger partial charge in [-0.2, -0.15) is 0 Å². The third kappa shape index (κ3) is 2.80. The molecule has 1 aromatic rings. The lowest BCUT2D eigenvalue weighted by Crippen LogP contribution is -2.47. The molecule has 20 heavy (non-hydrogen) atoms. The number of hydrogen-bond acceptors (Lipinski definition) is 3. The number of carbonyl (C=O) groups excluding carboxylic acids is 1. The summed E-state index contributed by atoms with van der Waals surface area (Å²) in [6, 6.07) is 0.464. The van der Waals surface area contributed by atoms with Crippen LogP contribution < -0.4 is 0 Å². The minimum absolute atomic E-state index is 0.289. The molecule has 0 amide bonds. The van der Waals surface area contributed by atoms with Crippen LogP contribution in [0.25, 0.3) is 0 Å². The summed E-state index contributed by atoms with van der Waals surface area (Å²) in [5, 5.41) is 0. The highest BCUT2D eigenvalue weighted by Gasteiger charge is 2.35. The van der Waals surface area contributed by atoms with Crippen molar-refractivity contribution in [2.24, 2.45) is 13.0 Å². The number of likely N-dealkylation sites (tertiary alicyclic amines) is 1. The van der Waals surface area contributed by atoms with Gasteiger partial charge in [-0.15, -0.1) is 0 Å². The minimum Gasteiger partial charge on any atom is -0.337 e. The number of rotatable bonds is 3. The molecule has 2 atom stereocenters. The molecular weight excluding hydrogens is 250 g/mol. The van der Waals surface area contributed by atoms with Crippen molar-refractivity contribution in [1.82, 2.24) is 14.5 Å². The van der Waals surface area contributed by atoms with E-state index in [1.807, 2.05) is 19.6 Å². The van der Waals surface area contributed by atoms with E-state index in [0.29, 0.717) is 11.8 Å². The van der Waals surface area contributed by atoms with Crippen LogP contribution in [0.1, 0.15) is 50.6 Å². The highest BCUT2D eigenvalue weighted by molar-refractivity contribution is 5.82. The van der Waals surface area contributed by atoms with Crippen LogP contribution in [0.3, 0.4) is 0 Å². The van der Waals surface area contributed by atoms with E-state index in [1.165, 1.54) is 31.4 Å². The van der Waals surface area contributed by atoms with Gasteiger partial charge in [-0.3, -0.25) is 9.69 Å². The van der Waals surface area contributed by atoms with Crippen molar-refractivity contribution in [3.8, 4) is 0 Å². The number of piperidine rings is 1. The second-order valence-corrected chi connectivity index (χ2v) is 6.35. The smallest absolute Gasteiger partial charge is 0.137 e. The number of imidazole rings is 1. The fraction of sp³-hybridized carbons (Fsp3) is 0.750. The summed E-state index contributed by atoms with van der Waals surface area (Å²) in [6.07, 6.45) is 11.8. The first-order valence-corrected chi connectivity index (χ1v) is 7.97. The number of aryl methyl sites for hydroxylation is 1. The Morgan fingerprint density at radius 1 is 1.25 bits per heavy atom. The lowest BCUT2D eigenvalue weighted by molar-refractivity contribution is -0.127. The van der Waals surface area contributed by atoms with Crippen molar-refractivity contribution in [2.45, 2.75) is 57.5 Å². The Morgan fingerprint density at radius 2 is 2.10 bits per heavy atom. The van der Waals surface area contributed by atoms with Crippen LogP contribution in [0.15, 0.2) is 12.5 Å². The van der Waals surface area contributed by atoms with Gasteiger partial charge in [0, 0.05) is 38.2 Å². The second kappa shape index (κ2) is 6.08. The van der Waals surface area contributed by atoms with Gasteiger partial charge < -0.3 is 4.57 Å². The first-order valence-electron chi connectivity index (χ1n) is 7.97. The quantitative estimate of drug-likeness (QED) is 0.851. The molecule has 3 rings (SSSR count). The van der Waals surface area contributed by atoms with E-state index < -0.39 is 0 Å². The van der Waals surface area contributed by atoms with Gasteiger partial charge >= 0.3 is 0 Å². The Bertz CT molecular complexity index is 468. The van der Waals surface area contributed by atoms with Gasteiger partial charge in [-0.05, 0) is 32.2 Å². The van der Waals surface area contributed by atoms with E-state index >= 15 is 0 Å². The first-order chi connectivity index (χ1) is 9.75. The number of carbonyl (C=O) groups is 1. The Hall–Kier alpha value is -1.16. The van der Waals surface area contributed by atoms with Gasteiger partial charge in [0.2, 0.25) is 0 Å². The summed E-state index contributed by atoms with van der Waals surface area (Å²) < 4.78 is 2.09. The van der Waals surface area contributed by atoms with E-state index in [-0.39, 0.29) is 5.92 Å². The molecule has 1 saturated heterocycles. The largest absolute Gasteiger partial charge is 0.337 e. The van der Waals surface area contributed by atoms with Gasteiger partial charge in [0.05, 0.1) is 12.0 Å². The Balaban J connectivity index is 1.73. The number of hydrogen-bond donors (Lipinski definition) is 0. The zero-order valence-corrected chi connectivity index (χ0v) is 12.4. The van der Waals surface area contributed by atoms with Crippen molar-refractivity contribution in [3.63, 3.8) is 0 Å². The summed E-state index contributed by atoms with van der Waals surface area (Å²) in [7, 11) is 2.05. The maximum atomic E-state index is 12.3. The highest BCUT2D eigenvalue weighted by Crippen LogP contribution is 2.32. The van der Waals surface area contributed by atoms with Crippen molar-refractivity contribution >= 4 is 5.78 Å². The van der Waals surface area contributed by atoms with E-state index in [4.69, 9.17) is 0 Å². The average Bonchev–Trinajstić information content (AvgIpc) is 2.86. The summed E-state index contributed by atoms with van der Waals surface area (Å²) >= 11 is 0. The highest BCUT2D eigenvalue weighted by atomic mass is 16.1. The van der Waals surface area contributed by atoms with E-state index in [0.717, 1.165) is 32.4 Å². The summed E-state index contributed by atoms with van der Waals surface area (Å²) in [4.78, 5) is 19.0. The molecule has 1 aliphatic heterocycles. The summed E-state index contributed by atoms with van der Waals surface area (Å²) in [5.74, 6) is 0.801. The second-order valence-electron chi connectivity index (χ2n) is 6.35. The molecule has 2 fully saturated rings. The van der Waals surface area contributed by atoms with Crippen LogP contribution in [0.5, 0.6) is 0 Å². The molecule has 4 nitrogen and oxygen atoms in total. The van der Waals surface area contributed by atoms with Gasteiger partial charge in [0.25, 0.3) is 0 Å². The van der Waals surface area contributed by atoms with Gasteiger partial charge in [-0.25, -0.2) is 4.98 Å². The van der Waals surface area contributed by atoms with Crippen LogP contribution >= 0.6 is 0 Å². The SMILES string of the molecule is Cn1cncc1CN1CCCCC1C1CCCCC1=O. The molecule has 2 aliphatic rings. The predicted molar refractivity (Wildman–Crippen MR) is 78.2 cm³/mol. The molecule has 1 saturated carbocycles. The number of Topliss-reactive ketones (excluding diaryl/α,β-unsaturated/α-hetero) is 1. The number of aromatic nitrogens is 2. The van der Waals surface area contributed by atoms with Crippen LogP contribution in [-0.2, 0) is 18.4 Å². The normalized spacial score (nSPS) is 28.8. The molecule has 1 aromatic heterocycles. The fourth-order valence-corrected chi connectivity index (χ4v) is 3.83. The van der Waals surface area contributed by atoms with Crippen molar-refractivity contribution in [1.29, 1.82) is 0 Å². The Kier molecular flexibility index (Phi) is 4.20. The third-order valence-electron chi connectivity index (χ3n) is 5.01. The maximum Gasteiger partial charge on any atom is 0.137 e. The third-order valence-corrected chi connectivity index (χ3v) is 5.01. The lowest BCUT2D eigenvalue weighted by Gasteiger charge is -2.41. The molecule has 1 aliphatic carbocycles. The van der Waals surface area contributed by atoms with E-state index in [1.54, 1.807) is 0 Å². The number of nitrogens with zero attached hydrogens (tertiary/aromatic N) is 3. The van der Waals surface area contributed by atoms with Gasteiger partial charge in [-0.1, -0.05) is 12.8 Å². The molecule has 0 radical (unpaired) electrons. The molecule has 0 bridgehead atoms. The molecule has 110 valence electrons. The van der Waals surface area contributed by atoms with Gasteiger partial charge in [0.15, 0.2) is 0 Å². The molecule has 2 unspecified atom stereocenters. The van der Waals surface area contributed by atoms with Gasteiger partial charge in [0.1, 0.15) is 5.78 Å². The fourth-order valence-electron chi connectivity index (χ4n) is 3.83. The van der Waals surface area contributed by atoms with Crippen LogP contribution in [0.4, 0.5) is 0 Å². The average molecular weight is 275 g/mol. The standard InChI is InChI=1S/C16H25N3O/c1-18-12-17-10-13(18)11-19-9-5-4-7-15(19)14-6-2-3-8-16(14)20/h10,12,14-15H,2-9,11H2,1H3. The van der Waals surface area contributed by atoms with E-state index in [2.05, 4.69) is 14.5 Å². The Labute approximate surface area is 121 Å². The topological polar surface area (TPSA) is 38.1 Å². The zero-order chi connectivity index (χ0) is 13.9. The maximum absolute atomic E-state index is 12.3. The molecule has 4 heteroatoms. The minimum atomic E-state index is 0.289. The van der Waals surface area contributed by atoms with E-state index in [9.17, 15) is 4.79 Å². The molecule has 0 N–H and O–H groups in total. The summed E-state index contributed by atoms with van der Waals surface area (Å²) in [5.41, 5.74) is 1.25. The molecule has 0 aromatic carbocycles.